The van der Waals surface area contributed by atoms with Gasteiger partial charge >= 0.3 is 0 Å². The lowest BCUT2D eigenvalue weighted by molar-refractivity contribution is 0.308. The molecular formula is C26H37N5O. The average molecular weight is 436 g/mol. The molecule has 6 heteroatoms. The molecule has 0 aromatic heterocycles. The molecule has 2 aliphatic rings. The van der Waals surface area contributed by atoms with Gasteiger partial charge in [0.1, 0.15) is 18.8 Å². The van der Waals surface area contributed by atoms with Crippen LogP contribution in [0.1, 0.15) is 45.4 Å². The lowest BCUT2D eigenvalue weighted by Gasteiger charge is -2.37. The molecule has 1 saturated heterocycles. The molecule has 0 saturated carbocycles. The molecule has 0 unspecified atom stereocenters. The Kier molecular flexibility index (Phi) is 7.75. The third-order valence-corrected chi connectivity index (χ3v) is 6.48. The minimum absolute atomic E-state index is 0.320. The Labute approximate surface area is 192 Å². The van der Waals surface area contributed by atoms with Crippen molar-refractivity contribution in [1.29, 1.82) is 0 Å². The molecule has 6 nitrogen and oxygen atoms in total. The first-order valence-corrected chi connectivity index (χ1v) is 12.2. The number of rotatable bonds is 10. The van der Waals surface area contributed by atoms with E-state index >= 15 is 0 Å². The molecule has 0 radical (unpaired) electrons. The van der Waals surface area contributed by atoms with E-state index in [9.17, 15) is 5.11 Å². The van der Waals surface area contributed by atoms with E-state index in [0.717, 1.165) is 39.4 Å². The smallest absolute Gasteiger partial charge is 0.117 e. The maximum atomic E-state index is 9.49. The van der Waals surface area contributed by atoms with Crippen LogP contribution in [0, 0.1) is 0 Å². The predicted octanol–water partition coefficient (Wildman–Crippen LogP) is 5.10. The summed E-state index contributed by atoms with van der Waals surface area (Å²) in [4.78, 5) is 7.05. The van der Waals surface area contributed by atoms with Crippen LogP contribution < -0.4 is 14.7 Å². The van der Waals surface area contributed by atoms with Gasteiger partial charge in [-0.05, 0) is 55.0 Å². The van der Waals surface area contributed by atoms with E-state index in [1.807, 2.05) is 18.5 Å². The lowest BCUT2D eigenvalue weighted by atomic mass is 10.1. The molecule has 0 aliphatic carbocycles. The first-order valence-electron chi connectivity index (χ1n) is 12.2. The summed E-state index contributed by atoms with van der Waals surface area (Å²) in [5, 5.41) is 16.3. The Balaban J connectivity index is 1.21. The third kappa shape index (κ3) is 5.87. The Morgan fingerprint density at radius 3 is 1.88 bits per heavy atom. The summed E-state index contributed by atoms with van der Waals surface area (Å²) in [5.41, 5.74) is 3.65. The van der Waals surface area contributed by atoms with Gasteiger partial charge in [0.05, 0.1) is 0 Å². The summed E-state index contributed by atoms with van der Waals surface area (Å²) in [6.07, 6.45) is 9.87. The number of benzene rings is 2. The fourth-order valence-corrected chi connectivity index (χ4v) is 4.48. The molecule has 1 fully saturated rings. The van der Waals surface area contributed by atoms with Crippen LogP contribution in [0.5, 0.6) is 5.75 Å². The van der Waals surface area contributed by atoms with Crippen LogP contribution in [0.3, 0.4) is 0 Å². The van der Waals surface area contributed by atoms with Crippen molar-refractivity contribution in [2.75, 3.05) is 54.1 Å². The normalized spacial score (nSPS) is 16.3. The maximum Gasteiger partial charge on any atom is 0.117 e. The van der Waals surface area contributed by atoms with Crippen molar-refractivity contribution in [3.63, 3.8) is 0 Å². The van der Waals surface area contributed by atoms with Gasteiger partial charge in [0.25, 0.3) is 0 Å². The number of nitrogens with zero attached hydrogens (tertiary/aromatic N) is 5. The Morgan fingerprint density at radius 1 is 0.719 bits per heavy atom. The minimum Gasteiger partial charge on any atom is -0.508 e. The number of aromatic hydroxyl groups is 1. The molecular weight excluding hydrogens is 398 g/mol. The lowest BCUT2D eigenvalue weighted by Crippen LogP contribution is -2.46. The van der Waals surface area contributed by atoms with Crippen molar-refractivity contribution < 1.29 is 5.11 Å². The van der Waals surface area contributed by atoms with Crippen molar-refractivity contribution in [2.24, 2.45) is 5.10 Å². The molecule has 172 valence electrons. The van der Waals surface area contributed by atoms with Gasteiger partial charge in [-0.2, -0.15) is 5.10 Å². The van der Waals surface area contributed by atoms with E-state index in [-0.39, 0.29) is 0 Å². The van der Waals surface area contributed by atoms with E-state index < -0.39 is 0 Å². The summed E-state index contributed by atoms with van der Waals surface area (Å²) in [7, 11) is 0. The number of phenols is 1. The van der Waals surface area contributed by atoms with Gasteiger partial charge in [-0.25, -0.2) is 0 Å². The van der Waals surface area contributed by atoms with Gasteiger partial charge in [-0.3, -0.25) is 5.01 Å². The fraction of sp³-hybridized carbons (Fsp3) is 0.500. The van der Waals surface area contributed by atoms with Gasteiger partial charge < -0.3 is 19.8 Å². The van der Waals surface area contributed by atoms with Gasteiger partial charge in [-0.15, -0.1) is 0 Å². The number of hydrazone groups is 1. The van der Waals surface area contributed by atoms with Gasteiger partial charge in [-0.1, -0.05) is 39.0 Å². The summed E-state index contributed by atoms with van der Waals surface area (Å²) < 4.78 is 0. The van der Waals surface area contributed by atoms with Gasteiger partial charge in [0.2, 0.25) is 0 Å². The van der Waals surface area contributed by atoms with E-state index in [1.165, 1.54) is 55.6 Å². The molecule has 1 N–H and O–H groups in total. The largest absolute Gasteiger partial charge is 0.508 e. The molecule has 2 aliphatic heterocycles. The zero-order chi connectivity index (χ0) is 22.2. The number of hydrogen-bond acceptors (Lipinski definition) is 6. The SMILES string of the molecule is CCCCCCCCN1CN(c2ccc(N3CCN(c4ccc(O)cc4)CC3)cc2)C=N1. The Bertz CT molecular complexity index is 844. The third-order valence-electron chi connectivity index (χ3n) is 6.48. The van der Waals surface area contributed by atoms with E-state index in [1.54, 1.807) is 12.1 Å². The number of hydrogen-bond donors (Lipinski definition) is 1. The van der Waals surface area contributed by atoms with Crippen LogP contribution in [0.2, 0.25) is 0 Å². The highest BCUT2D eigenvalue weighted by molar-refractivity contribution is 5.80. The van der Waals surface area contributed by atoms with E-state index in [4.69, 9.17) is 0 Å². The van der Waals surface area contributed by atoms with Crippen LogP contribution in [-0.2, 0) is 0 Å². The Hall–Kier alpha value is -2.89. The summed E-state index contributed by atoms with van der Waals surface area (Å²) in [5.74, 6) is 0.320. The monoisotopic (exact) mass is 435 g/mol. The number of phenolic OH excluding ortho intramolecular Hbond substituents is 1. The van der Waals surface area contributed by atoms with Gasteiger partial charge in [0.15, 0.2) is 0 Å². The van der Waals surface area contributed by atoms with Crippen LogP contribution in [0.4, 0.5) is 17.1 Å². The number of piperazine rings is 1. The molecule has 4 rings (SSSR count). The van der Waals surface area contributed by atoms with Crippen molar-refractivity contribution >= 4 is 23.4 Å². The van der Waals surface area contributed by atoms with E-state index in [0.29, 0.717) is 5.75 Å². The zero-order valence-corrected chi connectivity index (χ0v) is 19.4. The quantitative estimate of drug-likeness (QED) is 0.526. The van der Waals surface area contributed by atoms with Crippen molar-refractivity contribution in [3.8, 4) is 5.75 Å². The first-order chi connectivity index (χ1) is 15.7. The predicted molar refractivity (Wildman–Crippen MR) is 135 cm³/mol. The molecule has 0 spiro atoms. The van der Waals surface area contributed by atoms with Crippen LogP contribution in [-0.4, -0.2) is 55.8 Å². The van der Waals surface area contributed by atoms with Crippen LogP contribution in [0.25, 0.3) is 0 Å². The highest BCUT2D eigenvalue weighted by atomic mass is 16.3. The molecule has 0 atom stereocenters. The minimum atomic E-state index is 0.320. The molecule has 0 amide bonds. The number of anilines is 3. The second kappa shape index (κ2) is 11.1. The summed E-state index contributed by atoms with van der Waals surface area (Å²) in [6.45, 7) is 8.12. The summed E-state index contributed by atoms with van der Waals surface area (Å²) >= 11 is 0. The molecule has 2 aromatic carbocycles. The van der Waals surface area contributed by atoms with E-state index in [2.05, 4.69) is 56.0 Å². The fourth-order valence-electron chi connectivity index (χ4n) is 4.48. The standard InChI is InChI=1S/C26H37N5O/c1-2-3-4-5-6-7-16-31-22-30(21-27-31)25-10-8-23(9-11-25)28-17-19-29(20-18-28)24-12-14-26(32)15-13-24/h8-15,21,32H,2-7,16-20,22H2,1H3. The zero-order valence-electron chi connectivity index (χ0n) is 19.4. The average Bonchev–Trinajstić information content (AvgIpc) is 3.31. The van der Waals surface area contributed by atoms with Crippen molar-refractivity contribution in [2.45, 2.75) is 45.4 Å². The van der Waals surface area contributed by atoms with Crippen LogP contribution in [0.15, 0.2) is 53.6 Å². The molecule has 2 aromatic rings. The molecule has 2 heterocycles. The van der Waals surface area contributed by atoms with Crippen molar-refractivity contribution in [1.82, 2.24) is 5.01 Å². The van der Waals surface area contributed by atoms with Gasteiger partial charge in [0, 0.05) is 49.8 Å². The highest BCUT2D eigenvalue weighted by Gasteiger charge is 2.19. The Morgan fingerprint density at radius 2 is 1.25 bits per heavy atom. The maximum absolute atomic E-state index is 9.49. The van der Waals surface area contributed by atoms with Crippen molar-refractivity contribution in [3.05, 3.63) is 48.5 Å². The topological polar surface area (TPSA) is 45.5 Å². The second-order valence-electron chi connectivity index (χ2n) is 8.85. The number of unbranched alkanes of at least 4 members (excludes halogenated alkanes) is 5. The summed E-state index contributed by atoms with van der Waals surface area (Å²) in [6, 6.07) is 16.4. The molecule has 0 bridgehead atoms. The first kappa shape index (κ1) is 22.3. The van der Waals surface area contributed by atoms with Crippen LogP contribution >= 0.6 is 0 Å². The highest BCUT2D eigenvalue weighted by Crippen LogP contribution is 2.25. The molecule has 32 heavy (non-hydrogen) atoms. The second-order valence-corrected chi connectivity index (χ2v) is 8.85.